The van der Waals surface area contributed by atoms with Gasteiger partial charge in [-0.05, 0) is 38.0 Å². The van der Waals surface area contributed by atoms with E-state index in [1.165, 1.54) is 4.31 Å². The molecule has 3 nitrogen and oxygen atoms in total. The van der Waals surface area contributed by atoms with E-state index in [1.54, 1.807) is 13.1 Å². The summed E-state index contributed by atoms with van der Waals surface area (Å²) >= 11 is 0. The van der Waals surface area contributed by atoms with Gasteiger partial charge in [-0.25, -0.2) is 8.42 Å². The second-order valence-electron chi connectivity index (χ2n) is 5.38. The Morgan fingerprint density at radius 1 is 1.00 bits per heavy atom. The molecular formula is C17H21NO2S. The van der Waals surface area contributed by atoms with Gasteiger partial charge in [0.25, 0.3) is 0 Å². The second kappa shape index (κ2) is 6.00. The van der Waals surface area contributed by atoms with Gasteiger partial charge in [0.2, 0.25) is 10.0 Å². The maximum Gasteiger partial charge on any atom is 0.243 e. The van der Waals surface area contributed by atoms with Crippen LogP contribution in [-0.2, 0) is 10.0 Å². The molecule has 0 radical (unpaired) electrons. The van der Waals surface area contributed by atoms with Gasteiger partial charge in [-0.15, -0.1) is 0 Å². The Bertz CT molecular complexity index is 724. The molecule has 4 heteroatoms. The maximum atomic E-state index is 12.8. The molecule has 2 aromatic carbocycles. The Hall–Kier alpha value is -1.65. The van der Waals surface area contributed by atoms with Crippen LogP contribution in [0, 0.1) is 13.8 Å². The van der Waals surface area contributed by atoms with E-state index in [0.29, 0.717) is 4.90 Å². The Labute approximate surface area is 127 Å². The minimum atomic E-state index is -3.50. The van der Waals surface area contributed by atoms with Crippen LogP contribution < -0.4 is 0 Å². The first-order valence-electron chi connectivity index (χ1n) is 6.94. The largest absolute Gasteiger partial charge is 0.243 e. The molecule has 2 aromatic rings. The lowest BCUT2D eigenvalue weighted by Crippen LogP contribution is -2.30. The van der Waals surface area contributed by atoms with E-state index in [0.717, 1.165) is 16.7 Å². The van der Waals surface area contributed by atoms with Crippen molar-refractivity contribution >= 4 is 10.0 Å². The molecular weight excluding hydrogens is 282 g/mol. The van der Waals surface area contributed by atoms with Crippen molar-refractivity contribution in [1.82, 2.24) is 4.31 Å². The molecule has 1 atom stereocenters. The van der Waals surface area contributed by atoms with Crippen LogP contribution in [0.5, 0.6) is 0 Å². The maximum absolute atomic E-state index is 12.8. The van der Waals surface area contributed by atoms with Crippen molar-refractivity contribution in [3.8, 4) is 0 Å². The van der Waals surface area contributed by atoms with E-state index in [2.05, 4.69) is 0 Å². The summed E-state index contributed by atoms with van der Waals surface area (Å²) in [5.74, 6) is 0. The van der Waals surface area contributed by atoms with E-state index in [-0.39, 0.29) is 6.04 Å². The zero-order chi connectivity index (χ0) is 15.6. The van der Waals surface area contributed by atoms with Crippen molar-refractivity contribution in [3.63, 3.8) is 0 Å². The third-order valence-electron chi connectivity index (χ3n) is 3.81. The summed E-state index contributed by atoms with van der Waals surface area (Å²) in [6.07, 6.45) is 0. The van der Waals surface area contributed by atoms with Crippen LogP contribution in [0.25, 0.3) is 0 Å². The Balaban J connectivity index is 2.39. The number of aryl methyl sites for hydroxylation is 2. The summed E-state index contributed by atoms with van der Waals surface area (Å²) in [6, 6.07) is 14.9. The van der Waals surface area contributed by atoms with Gasteiger partial charge < -0.3 is 0 Å². The van der Waals surface area contributed by atoms with Gasteiger partial charge in [0, 0.05) is 13.1 Å². The SMILES string of the molecule is Cc1ccc(S(=O)(=O)N(C)C(C)c2ccccc2)c(C)c1. The molecule has 0 aromatic heterocycles. The smallest absolute Gasteiger partial charge is 0.207 e. The summed E-state index contributed by atoms with van der Waals surface area (Å²) in [5.41, 5.74) is 2.82. The van der Waals surface area contributed by atoms with E-state index < -0.39 is 10.0 Å². The number of sulfonamides is 1. The zero-order valence-corrected chi connectivity index (χ0v) is 13.7. The average molecular weight is 303 g/mol. The lowest BCUT2D eigenvalue weighted by Gasteiger charge is -2.25. The fourth-order valence-electron chi connectivity index (χ4n) is 2.39. The van der Waals surface area contributed by atoms with Crippen LogP contribution in [0.2, 0.25) is 0 Å². The normalized spacial score (nSPS) is 13.4. The minimum Gasteiger partial charge on any atom is -0.207 e. The summed E-state index contributed by atoms with van der Waals surface area (Å²) in [6.45, 7) is 5.69. The van der Waals surface area contributed by atoms with Gasteiger partial charge in [0.15, 0.2) is 0 Å². The van der Waals surface area contributed by atoms with Crippen LogP contribution in [-0.4, -0.2) is 19.8 Å². The summed E-state index contributed by atoms with van der Waals surface area (Å²) in [5, 5.41) is 0. The lowest BCUT2D eigenvalue weighted by molar-refractivity contribution is 0.398. The van der Waals surface area contributed by atoms with Crippen LogP contribution in [0.15, 0.2) is 53.4 Å². The van der Waals surface area contributed by atoms with Gasteiger partial charge in [-0.1, -0.05) is 48.0 Å². The van der Waals surface area contributed by atoms with Crippen molar-refractivity contribution in [2.45, 2.75) is 31.7 Å². The number of benzene rings is 2. The predicted molar refractivity (Wildman–Crippen MR) is 85.7 cm³/mol. The highest BCUT2D eigenvalue weighted by Gasteiger charge is 2.27. The summed E-state index contributed by atoms with van der Waals surface area (Å²) < 4.78 is 27.0. The van der Waals surface area contributed by atoms with Crippen LogP contribution in [0.4, 0.5) is 0 Å². The molecule has 0 heterocycles. The van der Waals surface area contributed by atoms with E-state index in [4.69, 9.17) is 0 Å². The molecule has 2 rings (SSSR count). The van der Waals surface area contributed by atoms with E-state index in [9.17, 15) is 8.42 Å². The number of rotatable bonds is 4. The summed E-state index contributed by atoms with van der Waals surface area (Å²) in [7, 11) is -1.87. The number of hydrogen-bond acceptors (Lipinski definition) is 2. The first kappa shape index (κ1) is 15.7. The van der Waals surface area contributed by atoms with E-state index >= 15 is 0 Å². The molecule has 0 N–H and O–H groups in total. The van der Waals surface area contributed by atoms with Gasteiger partial charge >= 0.3 is 0 Å². The molecule has 21 heavy (non-hydrogen) atoms. The zero-order valence-electron chi connectivity index (χ0n) is 12.9. The Morgan fingerprint density at radius 2 is 1.62 bits per heavy atom. The fourth-order valence-corrected chi connectivity index (χ4v) is 3.95. The Morgan fingerprint density at radius 3 is 2.19 bits per heavy atom. The third kappa shape index (κ3) is 3.17. The van der Waals surface area contributed by atoms with Crippen LogP contribution >= 0.6 is 0 Å². The molecule has 0 fully saturated rings. The molecule has 0 spiro atoms. The first-order valence-corrected chi connectivity index (χ1v) is 8.38. The number of nitrogens with zero attached hydrogens (tertiary/aromatic N) is 1. The molecule has 112 valence electrons. The second-order valence-corrected chi connectivity index (χ2v) is 7.34. The molecule has 0 saturated heterocycles. The first-order chi connectivity index (χ1) is 9.84. The molecule has 1 unspecified atom stereocenters. The minimum absolute atomic E-state index is 0.211. The topological polar surface area (TPSA) is 37.4 Å². The third-order valence-corrected chi connectivity index (χ3v) is 5.90. The van der Waals surface area contributed by atoms with Crippen LogP contribution in [0.3, 0.4) is 0 Å². The monoisotopic (exact) mass is 303 g/mol. The standard InChI is InChI=1S/C17H21NO2S/c1-13-10-11-17(14(2)12-13)21(19,20)18(4)15(3)16-8-6-5-7-9-16/h5-12,15H,1-4H3. The van der Waals surface area contributed by atoms with E-state index in [1.807, 2.05) is 63.2 Å². The highest BCUT2D eigenvalue weighted by atomic mass is 32.2. The van der Waals surface area contributed by atoms with Gasteiger partial charge in [-0.2, -0.15) is 4.31 Å². The van der Waals surface area contributed by atoms with Gasteiger partial charge in [0.1, 0.15) is 0 Å². The molecule has 0 aliphatic carbocycles. The molecule has 0 saturated carbocycles. The van der Waals surface area contributed by atoms with Crippen molar-refractivity contribution < 1.29 is 8.42 Å². The van der Waals surface area contributed by atoms with Gasteiger partial charge in [0.05, 0.1) is 4.90 Å². The fraction of sp³-hybridized carbons (Fsp3) is 0.294. The molecule has 0 aliphatic heterocycles. The van der Waals surface area contributed by atoms with Crippen molar-refractivity contribution in [2.24, 2.45) is 0 Å². The highest BCUT2D eigenvalue weighted by molar-refractivity contribution is 7.89. The quantitative estimate of drug-likeness (QED) is 0.864. The predicted octanol–water partition coefficient (Wildman–Crippen LogP) is 3.69. The molecule has 0 bridgehead atoms. The number of hydrogen-bond donors (Lipinski definition) is 0. The van der Waals surface area contributed by atoms with Crippen molar-refractivity contribution in [3.05, 3.63) is 65.2 Å². The van der Waals surface area contributed by atoms with Crippen LogP contribution in [0.1, 0.15) is 29.7 Å². The van der Waals surface area contributed by atoms with Crippen molar-refractivity contribution in [1.29, 1.82) is 0 Å². The highest BCUT2D eigenvalue weighted by Crippen LogP contribution is 2.27. The van der Waals surface area contributed by atoms with Crippen molar-refractivity contribution in [2.75, 3.05) is 7.05 Å². The lowest BCUT2D eigenvalue weighted by atomic mass is 10.1. The van der Waals surface area contributed by atoms with Gasteiger partial charge in [-0.3, -0.25) is 0 Å². The summed E-state index contributed by atoms with van der Waals surface area (Å²) in [4.78, 5) is 0.374. The molecule has 0 aliphatic rings. The molecule has 0 amide bonds. The Kier molecular flexibility index (Phi) is 4.49. The average Bonchev–Trinajstić information content (AvgIpc) is 2.46.